The number of anilines is 1. The smallest absolute Gasteiger partial charge is 0.310 e. The maximum Gasteiger partial charge on any atom is 0.310 e. The second-order valence-electron chi connectivity index (χ2n) is 4.65. The Labute approximate surface area is 127 Å². The van der Waals surface area contributed by atoms with Gasteiger partial charge in [-0.15, -0.1) is 0 Å². The number of amides is 1. The molecule has 21 heavy (non-hydrogen) atoms. The quantitative estimate of drug-likeness (QED) is 0.903. The Morgan fingerprint density at radius 2 is 1.81 bits per heavy atom. The van der Waals surface area contributed by atoms with E-state index in [1.807, 2.05) is 0 Å². The summed E-state index contributed by atoms with van der Waals surface area (Å²) in [6, 6.07) is 13.4. The first-order valence-corrected chi connectivity index (χ1v) is 6.75. The molecule has 1 atom stereocenters. The third kappa shape index (κ3) is 3.83. The molecule has 0 heterocycles. The van der Waals surface area contributed by atoms with Crippen molar-refractivity contribution in [2.24, 2.45) is 0 Å². The molecule has 2 rings (SSSR count). The molecule has 2 aromatic carbocycles. The second kappa shape index (κ2) is 6.41. The van der Waals surface area contributed by atoms with E-state index in [4.69, 9.17) is 16.7 Å². The highest BCUT2D eigenvalue weighted by Crippen LogP contribution is 2.19. The molecule has 4 nitrogen and oxygen atoms in total. The van der Waals surface area contributed by atoms with Crippen molar-refractivity contribution < 1.29 is 14.7 Å². The van der Waals surface area contributed by atoms with Crippen LogP contribution in [-0.4, -0.2) is 17.0 Å². The minimum atomic E-state index is -0.884. The number of carbonyl (C=O) groups is 2. The van der Waals surface area contributed by atoms with Crippen LogP contribution in [-0.2, 0) is 4.79 Å². The zero-order valence-electron chi connectivity index (χ0n) is 11.3. The molecule has 0 spiro atoms. The Morgan fingerprint density at radius 3 is 2.38 bits per heavy atom. The molecule has 0 aliphatic carbocycles. The van der Waals surface area contributed by atoms with Crippen LogP contribution in [0.25, 0.3) is 0 Å². The van der Waals surface area contributed by atoms with Crippen LogP contribution >= 0.6 is 11.6 Å². The van der Waals surface area contributed by atoms with Gasteiger partial charge in [0, 0.05) is 16.3 Å². The lowest BCUT2D eigenvalue weighted by Gasteiger charge is -2.09. The second-order valence-corrected chi connectivity index (χ2v) is 5.08. The number of carbonyl (C=O) groups excluding carboxylic acids is 1. The summed E-state index contributed by atoms with van der Waals surface area (Å²) in [5.41, 5.74) is 1.75. The summed E-state index contributed by atoms with van der Waals surface area (Å²) in [6.45, 7) is 1.61. The molecular weight excluding hydrogens is 290 g/mol. The van der Waals surface area contributed by atoms with Gasteiger partial charge >= 0.3 is 5.97 Å². The number of hydrogen-bond donors (Lipinski definition) is 2. The Morgan fingerprint density at radius 1 is 1.14 bits per heavy atom. The average Bonchev–Trinajstić information content (AvgIpc) is 2.47. The van der Waals surface area contributed by atoms with Crippen molar-refractivity contribution in [2.75, 3.05) is 5.32 Å². The summed E-state index contributed by atoms with van der Waals surface area (Å²) in [5, 5.41) is 12.2. The van der Waals surface area contributed by atoms with Crippen molar-refractivity contribution in [3.8, 4) is 0 Å². The number of hydrogen-bond acceptors (Lipinski definition) is 2. The zero-order chi connectivity index (χ0) is 15.4. The average molecular weight is 304 g/mol. The van der Waals surface area contributed by atoms with Gasteiger partial charge in [0.2, 0.25) is 0 Å². The van der Waals surface area contributed by atoms with E-state index in [0.29, 0.717) is 21.8 Å². The summed E-state index contributed by atoms with van der Waals surface area (Å²) >= 11 is 5.84. The van der Waals surface area contributed by atoms with Gasteiger partial charge in [0.05, 0.1) is 5.92 Å². The lowest BCUT2D eigenvalue weighted by Crippen LogP contribution is -2.12. The van der Waals surface area contributed by atoms with Crippen LogP contribution in [0.1, 0.15) is 28.8 Å². The molecule has 0 bridgehead atoms. The van der Waals surface area contributed by atoms with Crippen LogP contribution < -0.4 is 5.32 Å². The normalized spacial score (nSPS) is 11.7. The molecule has 5 heteroatoms. The third-order valence-corrected chi connectivity index (χ3v) is 3.36. The molecule has 0 aliphatic heterocycles. The number of nitrogens with one attached hydrogen (secondary N) is 1. The molecule has 0 aliphatic rings. The molecule has 2 N–H and O–H groups in total. The fourth-order valence-corrected chi connectivity index (χ4v) is 2.02. The highest BCUT2D eigenvalue weighted by Gasteiger charge is 2.13. The van der Waals surface area contributed by atoms with Crippen molar-refractivity contribution in [2.45, 2.75) is 12.8 Å². The van der Waals surface area contributed by atoms with Crippen molar-refractivity contribution in [1.29, 1.82) is 0 Å². The van der Waals surface area contributed by atoms with Crippen LogP contribution in [0.2, 0.25) is 5.02 Å². The Bertz CT molecular complexity index is 667. The van der Waals surface area contributed by atoms with Crippen molar-refractivity contribution in [3.63, 3.8) is 0 Å². The Hall–Kier alpha value is -2.33. The standard InChI is InChI=1S/C16H14ClNO3/c1-10(16(20)21)11-5-7-14(8-6-11)18-15(19)12-3-2-4-13(17)9-12/h2-10H,1H3,(H,18,19)(H,20,21). The Kier molecular flexibility index (Phi) is 4.60. The topological polar surface area (TPSA) is 66.4 Å². The third-order valence-electron chi connectivity index (χ3n) is 3.13. The van der Waals surface area contributed by atoms with E-state index in [-0.39, 0.29) is 5.91 Å². The minimum Gasteiger partial charge on any atom is -0.481 e. The fourth-order valence-electron chi connectivity index (χ4n) is 1.83. The summed E-state index contributed by atoms with van der Waals surface area (Å²) in [7, 11) is 0. The maximum atomic E-state index is 12.0. The number of carboxylic acids is 1. The van der Waals surface area contributed by atoms with Gasteiger partial charge in [-0.3, -0.25) is 9.59 Å². The van der Waals surface area contributed by atoms with Gasteiger partial charge in [0.1, 0.15) is 0 Å². The minimum absolute atomic E-state index is 0.267. The Balaban J connectivity index is 2.10. The molecule has 2 aromatic rings. The zero-order valence-corrected chi connectivity index (χ0v) is 12.1. The fraction of sp³-hybridized carbons (Fsp3) is 0.125. The number of carboxylic acid groups (broad SMARTS) is 1. The van der Waals surface area contributed by atoms with Crippen LogP contribution in [0.15, 0.2) is 48.5 Å². The molecular formula is C16H14ClNO3. The van der Waals surface area contributed by atoms with Gasteiger partial charge in [-0.1, -0.05) is 29.8 Å². The van der Waals surface area contributed by atoms with Crippen LogP contribution in [0.5, 0.6) is 0 Å². The SMILES string of the molecule is CC(C(=O)O)c1ccc(NC(=O)c2cccc(Cl)c2)cc1. The molecule has 0 aromatic heterocycles. The summed E-state index contributed by atoms with van der Waals surface area (Å²) in [6.07, 6.45) is 0. The monoisotopic (exact) mass is 303 g/mol. The van der Waals surface area contributed by atoms with E-state index < -0.39 is 11.9 Å². The number of rotatable bonds is 4. The largest absolute Gasteiger partial charge is 0.481 e. The highest BCUT2D eigenvalue weighted by molar-refractivity contribution is 6.31. The summed E-state index contributed by atoms with van der Waals surface area (Å²) in [4.78, 5) is 22.9. The molecule has 0 saturated carbocycles. The van der Waals surface area contributed by atoms with Gasteiger partial charge in [0.25, 0.3) is 5.91 Å². The lowest BCUT2D eigenvalue weighted by atomic mass is 10.0. The van der Waals surface area contributed by atoms with Crippen molar-refractivity contribution >= 4 is 29.2 Å². The van der Waals surface area contributed by atoms with Crippen LogP contribution in [0.3, 0.4) is 0 Å². The number of halogens is 1. The summed E-state index contributed by atoms with van der Waals surface area (Å²) < 4.78 is 0. The molecule has 0 radical (unpaired) electrons. The first-order chi connectivity index (χ1) is 9.97. The van der Waals surface area contributed by atoms with Crippen LogP contribution in [0, 0.1) is 0 Å². The predicted molar refractivity (Wildman–Crippen MR) is 81.9 cm³/mol. The van der Waals surface area contributed by atoms with E-state index in [1.165, 1.54) is 0 Å². The van der Waals surface area contributed by atoms with Gasteiger partial charge in [-0.25, -0.2) is 0 Å². The predicted octanol–water partition coefficient (Wildman–Crippen LogP) is 3.78. The van der Waals surface area contributed by atoms with Crippen molar-refractivity contribution in [1.82, 2.24) is 0 Å². The number of benzene rings is 2. The van der Waals surface area contributed by atoms with Crippen LogP contribution in [0.4, 0.5) is 5.69 Å². The first-order valence-electron chi connectivity index (χ1n) is 6.37. The first kappa shape index (κ1) is 15.1. The molecule has 0 fully saturated rings. The van der Waals surface area contributed by atoms with Gasteiger partial charge < -0.3 is 10.4 Å². The molecule has 0 saturated heterocycles. The van der Waals surface area contributed by atoms with E-state index in [1.54, 1.807) is 55.5 Å². The molecule has 108 valence electrons. The molecule has 1 amide bonds. The lowest BCUT2D eigenvalue weighted by molar-refractivity contribution is -0.138. The van der Waals surface area contributed by atoms with E-state index in [9.17, 15) is 9.59 Å². The molecule has 1 unspecified atom stereocenters. The van der Waals surface area contributed by atoms with Gasteiger partial charge in [-0.2, -0.15) is 0 Å². The summed E-state index contributed by atoms with van der Waals surface area (Å²) in [5.74, 6) is -1.73. The van der Waals surface area contributed by atoms with Gasteiger partial charge in [0.15, 0.2) is 0 Å². The van der Waals surface area contributed by atoms with Crippen molar-refractivity contribution in [3.05, 3.63) is 64.7 Å². The number of aliphatic carboxylic acids is 1. The van der Waals surface area contributed by atoms with E-state index in [0.717, 1.165) is 0 Å². The van der Waals surface area contributed by atoms with E-state index >= 15 is 0 Å². The van der Waals surface area contributed by atoms with E-state index in [2.05, 4.69) is 5.32 Å². The maximum absolute atomic E-state index is 12.0. The van der Waals surface area contributed by atoms with Gasteiger partial charge in [-0.05, 0) is 42.8 Å². The highest BCUT2D eigenvalue weighted by atomic mass is 35.5.